The third-order valence-corrected chi connectivity index (χ3v) is 5.36. The fourth-order valence-electron chi connectivity index (χ4n) is 2.71. The van der Waals surface area contributed by atoms with Crippen LogP contribution in [0.4, 0.5) is 0 Å². The molecule has 0 aliphatic rings. The second-order valence-corrected chi connectivity index (χ2v) is 7.24. The van der Waals surface area contributed by atoms with Gasteiger partial charge in [0.25, 0.3) is 0 Å². The van der Waals surface area contributed by atoms with Gasteiger partial charge in [-0.2, -0.15) is 0 Å². The Balaban J connectivity index is 1.64. The van der Waals surface area contributed by atoms with Crippen LogP contribution < -0.4 is 5.32 Å². The van der Waals surface area contributed by atoms with Crippen molar-refractivity contribution in [3.05, 3.63) is 59.4 Å². The smallest absolute Gasteiger partial charge is 0.230 e. The number of rotatable bonds is 7. The average Bonchev–Trinajstić information content (AvgIpc) is 3.10. The highest BCUT2D eigenvalue weighted by atomic mass is 35.5. The van der Waals surface area contributed by atoms with Crippen LogP contribution in [-0.4, -0.2) is 31.4 Å². The molecule has 0 fully saturated rings. The number of halogens is 1. The van der Waals surface area contributed by atoms with Crippen molar-refractivity contribution < 1.29 is 4.79 Å². The lowest BCUT2D eigenvalue weighted by Crippen LogP contribution is -2.28. The predicted molar refractivity (Wildman–Crippen MR) is 108 cm³/mol. The third kappa shape index (κ3) is 4.67. The van der Waals surface area contributed by atoms with E-state index in [4.69, 9.17) is 11.6 Å². The summed E-state index contributed by atoms with van der Waals surface area (Å²) in [6.45, 7) is 4.65. The van der Waals surface area contributed by atoms with Crippen LogP contribution in [0.3, 0.4) is 0 Å². The van der Waals surface area contributed by atoms with Crippen molar-refractivity contribution in [1.82, 2.24) is 25.1 Å². The molecule has 8 heteroatoms. The molecule has 3 aromatic rings. The lowest BCUT2D eigenvalue weighted by molar-refractivity contribution is -0.119. The van der Waals surface area contributed by atoms with Crippen molar-refractivity contribution in [1.29, 1.82) is 0 Å². The molecule has 1 aromatic carbocycles. The molecule has 0 bridgehead atoms. The third-order valence-electron chi connectivity index (χ3n) is 4.05. The van der Waals surface area contributed by atoms with Crippen molar-refractivity contribution in [2.24, 2.45) is 0 Å². The summed E-state index contributed by atoms with van der Waals surface area (Å²) < 4.78 is 1.99. The topological polar surface area (TPSA) is 72.7 Å². The van der Waals surface area contributed by atoms with E-state index in [-0.39, 0.29) is 17.7 Å². The van der Waals surface area contributed by atoms with Crippen molar-refractivity contribution in [2.45, 2.75) is 31.6 Å². The maximum Gasteiger partial charge on any atom is 0.230 e. The number of carbonyl (C=O) groups excluding carboxylic acids is 1. The van der Waals surface area contributed by atoms with Gasteiger partial charge in [-0.3, -0.25) is 9.78 Å². The number of hydrogen-bond donors (Lipinski definition) is 1. The Bertz CT molecular complexity index is 915. The molecular weight excluding hydrogens is 382 g/mol. The summed E-state index contributed by atoms with van der Waals surface area (Å²) in [5.74, 6) is 0.944. The van der Waals surface area contributed by atoms with Crippen LogP contribution in [0.15, 0.2) is 53.9 Å². The van der Waals surface area contributed by atoms with Crippen LogP contribution in [0, 0.1) is 0 Å². The molecule has 2 aromatic heterocycles. The maximum absolute atomic E-state index is 12.3. The summed E-state index contributed by atoms with van der Waals surface area (Å²) in [5.41, 5.74) is 1.84. The molecular formula is C19H20ClN5OS. The molecule has 1 atom stereocenters. The zero-order chi connectivity index (χ0) is 19.2. The summed E-state index contributed by atoms with van der Waals surface area (Å²) in [6, 6.07) is 11.1. The van der Waals surface area contributed by atoms with E-state index in [1.807, 2.05) is 54.8 Å². The van der Waals surface area contributed by atoms with Gasteiger partial charge in [-0.15, -0.1) is 10.2 Å². The van der Waals surface area contributed by atoms with Gasteiger partial charge in [0, 0.05) is 29.5 Å². The minimum Gasteiger partial charge on any atom is -0.349 e. The van der Waals surface area contributed by atoms with Crippen LogP contribution in [0.2, 0.25) is 5.02 Å². The van der Waals surface area contributed by atoms with Crippen molar-refractivity contribution >= 4 is 29.3 Å². The number of aromatic nitrogens is 4. The van der Waals surface area contributed by atoms with Gasteiger partial charge >= 0.3 is 0 Å². The zero-order valence-electron chi connectivity index (χ0n) is 15.1. The van der Waals surface area contributed by atoms with E-state index in [9.17, 15) is 4.79 Å². The first kappa shape index (κ1) is 19.4. The standard InChI is InChI=1S/C19H20ClN5OS/c1-3-25-18(14-8-10-21-11-9-14)23-24-19(25)27-12-17(26)22-13(2)15-6-4-5-7-16(15)20/h4-11,13H,3,12H2,1-2H3,(H,22,26)/t13-/m1/s1. The molecule has 0 saturated heterocycles. The summed E-state index contributed by atoms with van der Waals surface area (Å²) in [6.07, 6.45) is 3.45. The lowest BCUT2D eigenvalue weighted by Gasteiger charge is -2.15. The Labute approximate surface area is 167 Å². The lowest BCUT2D eigenvalue weighted by atomic mass is 10.1. The number of thioether (sulfide) groups is 1. The van der Waals surface area contributed by atoms with Crippen molar-refractivity contribution in [3.8, 4) is 11.4 Å². The van der Waals surface area contributed by atoms with Gasteiger partial charge in [-0.05, 0) is 37.6 Å². The number of amides is 1. The van der Waals surface area contributed by atoms with Gasteiger partial charge in [0.05, 0.1) is 11.8 Å². The molecule has 140 valence electrons. The highest BCUT2D eigenvalue weighted by Crippen LogP contribution is 2.25. The average molecular weight is 402 g/mol. The monoisotopic (exact) mass is 401 g/mol. The van der Waals surface area contributed by atoms with Crippen LogP contribution in [0.25, 0.3) is 11.4 Å². The summed E-state index contributed by atoms with van der Waals surface area (Å²) >= 11 is 7.56. The second kappa shape index (κ2) is 9.01. The molecule has 6 nitrogen and oxygen atoms in total. The predicted octanol–water partition coefficient (Wildman–Crippen LogP) is 3.98. The van der Waals surface area contributed by atoms with Crippen LogP contribution >= 0.6 is 23.4 Å². The minimum absolute atomic E-state index is 0.0801. The van der Waals surface area contributed by atoms with Gasteiger partial charge in [0.15, 0.2) is 11.0 Å². The minimum atomic E-state index is -0.164. The zero-order valence-corrected chi connectivity index (χ0v) is 16.7. The number of benzene rings is 1. The molecule has 0 unspecified atom stereocenters. The molecule has 27 heavy (non-hydrogen) atoms. The van der Waals surface area contributed by atoms with E-state index in [2.05, 4.69) is 20.5 Å². The fourth-order valence-corrected chi connectivity index (χ4v) is 3.83. The first-order valence-electron chi connectivity index (χ1n) is 8.60. The number of nitrogens with zero attached hydrogens (tertiary/aromatic N) is 4. The molecule has 0 aliphatic carbocycles. The highest BCUT2D eigenvalue weighted by molar-refractivity contribution is 7.99. The van der Waals surface area contributed by atoms with Crippen molar-refractivity contribution in [3.63, 3.8) is 0 Å². The van der Waals surface area contributed by atoms with Gasteiger partial charge in [0.1, 0.15) is 0 Å². The first-order chi connectivity index (χ1) is 13.1. The van der Waals surface area contributed by atoms with E-state index >= 15 is 0 Å². The van der Waals surface area contributed by atoms with Crippen LogP contribution in [-0.2, 0) is 11.3 Å². The Morgan fingerprint density at radius 1 is 1.22 bits per heavy atom. The number of pyridine rings is 1. The van der Waals surface area contributed by atoms with E-state index in [0.717, 1.165) is 17.0 Å². The Morgan fingerprint density at radius 2 is 1.96 bits per heavy atom. The van der Waals surface area contributed by atoms with Gasteiger partial charge < -0.3 is 9.88 Å². The largest absolute Gasteiger partial charge is 0.349 e. The van der Waals surface area contributed by atoms with E-state index in [0.29, 0.717) is 16.7 Å². The Hall–Kier alpha value is -2.38. The van der Waals surface area contributed by atoms with Crippen LogP contribution in [0.1, 0.15) is 25.5 Å². The summed E-state index contributed by atoms with van der Waals surface area (Å²) in [7, 11) is 0. The Morgan fingerprint density at radius 3 is 2.67 bits per heavy atom. The summed E-state index contributed by atoms with van der Waals surface area (Å²) in [5, 5.41) is 12.8. The summed E-state index contributed by atoms with van der Waals surface area (Å²) in [4.78, 5) is 16.4. The molecule has 0 spiro atoms. The van der Waals surface area contributed by atoms with Gasteiger partial charge in [0.2, 0.25) is 5.91 Å². The van der Waals surface area contributed by atoms with Gasteiger partial charge in [-0.25, -0.2) is 0 Å². The molecule has 3 rings (SSSR count). The van der Waals surface area contributed by atoms with Crippen LogP contribution in [0.5, 0.6) is 0 Å². The van der Waals surface area contributed by atoms with E-state index < -0.39 is 0 Å². The molecule has 0 radical (unpaired) electrons. The van der Waals surface area contributed by atoms with Gasteiger partial charge in [-0.1, -0.05) is 41.6 Å². The van der Waals surface area contributed by atoms with E-state index in [1.165, 1.54) is 11.8 Å². The molecule has 1 N–H and O–H groups in total. The number of nitrogens with one attached hydrogen (secondary N) is 1. The molecule has 2 heterocycles. The maximum atomic E-state index is 12.3. The normalized spacial score (nSPS) is 12.0. The number of carbonyl (C=O) groups is 1. The SMILES string of the molecule is CCn1c(SCC(=O)N[C@H](C)c2ccccc2Cl)nnc1-c1ccncc1. The highest BCUT2D eigenvalue weighted by Gasteiger charge is 2.16. The molecule has 1 amide bonds. The molecule has 0 aliphatic heterocycles. The fraction of sp³-hybridized carbons (Fsp3) is 0.263. The Kier molecular flexibility index (Phi) is 6.47. The quantitative estimate of drug-likeness (QED) is 0.606. The van der Waals surface area contributed by atoms with E-state index in [1.54, 1.807) is 12.4 Å². The molecule has 0 saturated carbocycles. The van der Waals surface area contributed by atoms with Crippen molar-refractivity contribution in [2.75, 3.05) is 5.75 Å². The second-order valence-electron chi connectivity index (χ2n) is 5.89. The first-order valence-corrected chi connectivity index (χ1v) is 9.96. The number of hydrogen-bond acceptors (Lipinski definition) is 5.